The summed E-state index contributed by atoms with van der Waals surface area (Å²) < 4.78 is 12.1. The number of allylic oxidation sites excluding steroid dienone is 8. The predicted octanol–water partition coefficient (Wildman–Crippen LogP) is 5.90. The van der Waals surface area contributed by atoms with E-state index in [0.29, 0.717) is 24.5 Å². The first-order valence-electron chi connectivity index (χ1n) is 13.1. The molecule has 0 saturated carbocycles. The van der Waals surface area contributed by atoms with Gasteiger partial charge in [0.05, 0.1) is 12.2 Å². The Morgan fingerprint density at radius 1 is 1.16 bits per heavy atom. The number of hydrogen-bond donors (Lipinski definition) is 0. The van der Waals surface area contributed by atoms with Crippen molar-refractivity contribution in [3.05, 3.63) is 77.7 Å². The second kappa shape index (κ2) is 12.4. The van der Waals surface area contributed by atoms with Crippen molar-refractivity contribution in [1.82, 2.24) is 14.8 Å². The van der Waals surface area contributed by atoms with E-state index in [-0.39, 0.29) is 5.60 Å². The molecular weight excluding hydrogens is 460 g/mol. The molecule has 0 N–H and O–H groups in total. The third-order valence-corrected chi connectivity index (χ3v) is 6.48. The van der Waals surface area contributed by atoms with Crippen LogP contribution in [0.5, 0.6) is 5.88 Å². The minimum absolute atomic E-state index is 0.202. The number of ether oxygens (including phenoxy) is 2. The van der Waals surface area contributed by atoms with Gasteiger partial charge in [0, 0.05) is 50.1 Å². The van der Waals surface area contributed by atoms with Gasteiger partial charge in [0.15, 0.2) is 0 Å². The molecule has 198 valence electrons. The summed E-state index contributed by atoms with van der Waals surface area (Å²) in [6.45, 7) is 18.7. The van der Waals surface area contributed by atoms with Gasteiger partial charge in [-0.3, -0.25) is 0 Å². The molecule has 6 nitrogen and oxygen atoms in total. The van der Waals surface area contributed by atoms with Crippen molar-refractivity contribution in [3.8, 4) is 11.9 Å². The summed E-state index contributed by atoms with van der Waals surface area (Å²) >= 11 is 0. The van der Waals surface area contributed by atoms with E-state index in [0.717, 1.165) is 43.7 Å². The Kier molecular flexibility index (Phi) is 9.53. The van der Waals surface area contributed by atoms with Gasteiger partial charge in [0.2, 0.25) is 5.88 Å². The number of nitriles is 1. The standard InChI is InChI=1S/C31H42N4O2/c1-8-9-26(35-19-17-34(7)18-20-35)22-24-10-12-25(13-11-24)27-14-16-33-29(28(27)23-32)37-31(5,6)15-21-36-30(2,3)4/h8-10,12-14,16,22H,1,11,15,17-21H2,2-7H3/b24-22-,26-9+. The van der Waals surface area contributed by atoms with Gasteiger partial charge in [-0.2, -0.15) is 5.26 Å². The van der Waals surface area contributed by atoms with Crippen molar-refractivity contribution in [3.63, 3.8) is 0 Å². The molecule has 0 radical (unpaired) electrons. The normalized spacial score (nSPS) is 18.5. The molecule has 0 spiro atoms. The topological polar surface area (TPSA) is 61.6 Å². The summed E-state index contributed by atoms with van der Waals surface area (Å²) in [6.07, 6.45) is 15.7. The maximum absolute atomic E-state index is 10.0. The largest absolute Gasteiger partial charge is 0.471 e. The van der Waals surface area contributed by atoms with E-state index < -0.39 is 5.60 Å². The first kappa shape index (κ1) is 28.4. The molecule has 2 aliphatic rings. The zero-order chi connectivity index (χ0) is 27.1. The van der Waals surface area contributed by atoms with Crippen molar-refractivity contribution in [2.24, 2.45) is 0 Å². The summed E-state index contributed by atoms with van der Waals surface area (Å²) in [4.78, 5) is 9.17. The molecule has 3 rings (SSSR count). The Labute approximate surface area is 223 Å². The first-order chi connectivity index (χ1) is 17.5. The Morgan fingerprint density at radius 2 is 1.89 bits per heavy atom. The summed E-state index contributed by atoms with van der Waals surface area (Å²) in [7, 11) is 2.16. The lowest BCUT2D eigenvalue weighted by molar-refractivity contribution is -0.0301. The molecule has 2 heterocycles. The average Bonchev–Trinajstić information content (AvgIpc) is 2.83. The number of likely N-dealkylation sites (N-methyl/N-ethyl adjacent to an activating group) is 1. The number of rotatable bonds is 9. The van der Waals surface area contributed by atoms with E-state index >= 15 is 0 Å². The van der Waals surface area contributed by atoms with Crippen LogP contribution < -0.4 is 4.74 Å². The first-order valence-corrected chi connectivity index (χ1v) is 13.1. The van der Waals surface area contributed by atoms with Gasteiger partial charge >= 0.3 is 0 Å². The van der Waals surface area contributed by atoms with Crippen molar-refractivity contribution in [2.45, 2.75) is 58.7 Å². The molecule has 0 unspecified atom stereocenters. The molecule has 1 aromatic rings. The van der Waals surface area contributed by atoms with E-state index in [4.69, 9.17) is 9.47 Å². The SMILES string of the molecule is C=C/C=C(\C=C1\C=CC(c2ccnc(OC(C)(C)CCOC(C)(C)C)c2C#N)=CC1)N1CCN(C)CC1. The lowest BCUT2D eigenvalue weighted by Crippen LogP contribution is -2.43. The molecule has 0 amide bonds. The molecule has 37 heavy (non-hydrogen) atoms. The second-order valence-electron chi connectivity index (χ2n) is 11.3. The molecule has 6 heteroatoms. The summed E-state index contributed by atoms with van der Waals surface area (Å²) in [5.74, 6) is 0.364. The van der Waals surface area contributed by atoms with Gasteiger partial charge in [-0.1, -0.05) is 30.9 Å². The zero-order valence-electron chi connectivity index (χ0n) is 23.4. The number of pyridine rings is 1. The molecule has 0 atom stereocenters. The Hall–Kier alpha value is -3.14. The number of piperazine rings is 1. The fourth-order valence-electron chi connectivity index (χ4n) is 4.27. The second-order valence-corrected chi connectivity index (χ2v) is 11.3. The highest BCUT2D eigenvalue weighted by molar-refractivity contribution is 5.80. The summed E-state index contributed by atoms with van der Waals surface area (Å²) in [5, 5.41) is 10.0. The van der Waals surface area contributed by atoms with Crippen LogP contribution in [0.2, 0.25) is 0 Å². The fourth-order valence-corrected chi connectivity index (χ4v) is 4.27. The van der Waals surface area contributed by atoms with Gasteiger partial charge in [0.1, 0.15) is 17.2 Å². The quantitative estimate of drug-likeness (QED) is 0.392. The Bertz CT molecular complexity index is 1120. The van der Waals surface area contributed by atoms with E-state index in [9.17, 15) is 5.26 Å². The summed E-state index contributed by atoms with van der Waals surface area (Å²) in [5.41, 5.74) is 3.99. The Balaban J connectivity index is 1.74. The van der Waals surface area contributed by atoms with Gasteiger partial charge in [-0.05, 0) is 77.5 Å². The average molecular weight is 503 g/mol. The van der Waals surface area contributed by atoms with Crippen molar-refractivity contribution >= 4 is 5.57 Å². The number of nitrogens with zero attached hydrogens (tertiary/aromatic N) is 4. The molecule has 0 bridgehead atoms. The van der Waals surface area contributed by atoms with E-state index in [1.54, 1.807) is 6.20 Å². The minimum Gasteiger partial charge on any atom is -0.471 e. The lowest BCUT2D eigenvalue weighted by Gasteiger charge is -2.35. The monoisotopic (exact) mass is 502 g/mol. The van der Waals surface area contributed by atoms with Crippen molar-refractivity contribution < 1.29 is 9.47 Å². The molecule has 1 saturated heterocycles. The highest BCUT2D eigenvalue weighted by Gasteiger charge is 2.25. The molecule has 1 aliphatic heterocycles. The van der Waals surface area contributed by atoms with Crippen LogP contribution in [0.25, 0.3) is 5.57 Å². The van der Waals surface area contributed by atoms with E-state index in [1.165, 1.54) is 11.3 Å². The van der Waals surface area contributed by atoms with Crippen LogP contribution in [0.3, 0.4) is 0 Å². The third-order valence-electron chi connectivity index (χ3n) is 6.48. The predicted molar refractivity (Wildman–Crippen MR) is 151 cm³/mol. The zero-order valence-corrected chi connectivity index (χ0v) is 23.4. The number of hydrogen-bond acceptors (Lipinski definition) is 6. The fraction of sp³-hybridized carbons (Fsp3) is 0.484. The number of aromatic nitrogens is 1. The minimum atomic E-state index is -0.522. The van der Waals surface area contributed by atoms with Crippen LogP contribution in [-0.2, 0) is 4.74 Å². The van der Waals surface area contributed by atoms with Crippen molar-refractivity contribution in [1.29, 1.82) is 5.26 Å². The third kappa shape index (κ3) is 8.45. The van der Waals surface area contributed by atoms with Crippen molar-refractivity contribution in [2.75, 3.05) is 39.8 Å². The van der Waals surface area contributed by atoms with Gasteiger partial charge < -0.3 is 19.3 Å². The highest BCUT2D eigenvalue weighted by Crippen LogP contribution is 2.32. The van der Waals surface area contributed by atoms with Gasteiger partial charge in [0.25, 0.3) is 0 Å². The van der Waals surface area contributed by atoms with Crippen LogP contribution in [0.4, 0.5) is 0 Å². The highest BCUT2D eigenvalue weighted by atomic mass is 16.5. The Morgan fingerprint density at radius 3 is 2.49 bits per heavy atom. The van der Waals surface area contributed by atoms with Crippen LogP contribution >= 0.6 is 0 Å². The lowest BCUT2D eigenvalue weighted by atomic mass is 9.94. The summed E-state index contributed by atoms with van der Waals surface area (Å²) in [6, 6.07) is 4.22. The molecule has 1 aliphatic carbocycles. The molecular formula is C31H42N4O2. The van der Waals surface area contributed by atoms with E-state index in [2.05, 4.69) is 64.9 Å². The van der Waals surface area contributed by atoms with Crippen LogP contribution in [0, 0.1) is 11.3 Å². The van der Waals surface area contributed by atoms with Crippen LogP contribution in [0.1, 0.15) is 58.6 Å². The maximum atomic E-state index is 10.0. The van der Waals surface area contributed by atoms with Gasteiger partial charge in [-0.25, -0.2) is 4.98 Å². The van der Waals surface area contributed by atoms with Crippen LogP contribution in [-0.4, -0.2) is 65.8 Å². The van der Waals surface area contributed by atoms with Gasteiger partial charge in [-0.15, -0.1) is 0 Å². The van der Waals surface area contributed by atoms with E-state index in [1.807, 2.05) is 46.8 Å². The maximum Gasteiger partial charge on any atom is 0.232 e. The molecule has 1 fully saturated rings. The molecule has 0 aromatic carbocycles. The van der Waals surface area contributed by atoms with Crippen LogP contribution in [0.15, 0.2) is 66.6 Å². The smallest absolute Gasteiger partial charge is 0.232 e. The molecule has 1 aromatic heterocycles.